The van der Waals surface area contributed by atoms with Gasteiger partial charge in [0.25, 0.3) is 0 Å². The number of nitrogens with one attached hydrogen (secondary N) is 2. The molecule has 2 amide bonds. The number of aromatic nitrogens is 2. The van der Waals surface area contributed by atoms with Crippen LogP contribution in [0.4, 0.5) is 29.3 Å². The van der Waals surface area contributed by atoms with Gasteiger partial charge in [-0.1, -0.05) is 12.1 Å². The molecule has 134 valence electrons. The number of nitrogens with zero attached hydrogens (tertiary/aromatic N) is 2. The molecule has 0 aliphatic rings. The number of aryl methyl sites for hydroxylation is 1. The molecule has 0 radical (unpaired) electrons. The molecule has 0 saturated heterocycles. The van der Waals surface area contributed by atoms with Crippen LogP contribution in [0, 0.1) is 17.5 Å². The Morgan fingerprint density at radius 2 is 1.88 bits per heavy atom. The van der Waals surface area contributed by atoms with Gasteiger partial charge in [0.2, 0.25) is 0 Å². The number of carbonyl (C=O) groups excluding carboxylic acids is 1. The first-order valence-corrected chi connectivity index (χ1v) is 8.15. The van der Waals surface area contributed by atoms with E-state index in [4.69, 9.17) is 0 Å². The highest BCUT2D eigenvalue weighted by atomic mass is 79.9. The topological polar surface area (TPSA) is 59.0 Å². The van der Waals surface area contributed by atoms with Crippen LogP contribution in [0.3, 0.4) is 0 Å². The van der Waals surface area contributed by atoms with Gasteiger partial charge in [0.15, 0.2) is 17.5 Å². The number of hydrogen-bond donors (Lipinski definition) is 2. The van der Waals surface area contributed by atoms with Crippen molar-refractivity contribution in [1.82, 2.24) is 9.78 Å². The normalized spacial score (nSPS) is 10.7. The van der Waals surface area contributed by atoms with Crippen LogP contribution < -0.4 is 10.6 Å². The van der Waals surface area contributed by atoms with Crippen molar-refractivity contribution in [3.8, 4) is 11.3 Å². The molecule has 0 atom stereocenters. The summed E-state index contributed by atoms with van der Waals surface area (Å²) in [5, 5.41) is 8.79. The minimum absolute atomic E-state index is 0.427. The lowest BCUT2D eigenvalue weighted by Gasteiger charge is -2.10. The molecule has 0 bridgehead atoms. The lowest BCUT2D eigenvalue weighted by Crippen LogP contribution is -2.20. The third kappa shape index (κ3) is 3.57. The Balaban J connectivity index is 1.79. The molecule has 1 heterocycles. The van der Waals surface area contributed by atoms with Gasteiger partial charge in [0.1, 0.15) is 0 Å². The van der Waals surface area contributed by atoms with Crippen LogP contribution in [-0.4, -0.2) is 15.8 Å². The largest absolute Gasteiger partial charge is 0.323 e. The summed E-state index contributed by atoms with van der Waals surface area (Å²) in [5.41, 5.74) is 1.55. The Kier molecular flexibility index (Phi) is 4.99. The summed E-state index contributed by atoms with van der Waals surface area (Å²) in [6.45, 7) is 0. The van der Waals surface area contributed by atoms with Crippen molar-refractivity contribution in [2.75, 3.05) is 10.6 Å². The molecule has 0 aliphatic heterocycles. The first-order valence-electron chi connectivity index (χ1n) is 7.36. The Morgan fingerprint density at radius 1 is 1.12 bits per heavy atom. The molecule has 5 nitrogen and oxygen atoms in total. The maximum atomic E-state index is 13.6. The van der Waals surface area contributed by atoms with Crippen molar-refractivity contribution in [3.05, 3.63) is 64.5 Å². The molecule has 3 rings (SSSR count). The molecule has 9 heteroatoms. The molecular weight excluding hydrogens is 413 g/mol. The fourth-order valence-corrected chi connectivity index (χ4v) is 2.96. The van der Waals surface area contributed by atoms with Crippen molar-refractivity contribution in [2.24, 2.45) is 7.05 Å². The first-order chi connectivity index (χ1) is 12.4. The predicted molar refractivity (Wildman–Crippen MR) is 95.3 cm³/mol. The molecular formula is C17H12BrF3N4O. The van der Waals surface area contributed by atoms with Gasteiger partial charge in [-0.3, -0.25) is 4.68 Å². The second-order valence-corrected chi connectivity index (χ2v) is 6.20. The summed E-state index contributed by atoms with van der Waals surface area (Å²) < 4.78 is 42.2. The number of anilines is 2. The van der Waals surface area contributed by atoms with Gasteiger partial charge in [-0.05, 0) is 40.2 Å². The zero-order valence-electron chi connectivity index (χ0n) is 13.4. The fourth-order valence-electron chi connectivity index (χ4n) is 2.39. The van der Waals surface area contributed by atoms with Crippen LogP contribution in [0.15, 0.2) is 47.1 Å². The molecule has 2 aromatic carbocycles. The summed E-state index contributed by atoms with van der Waals surface area (Å²) in [6, 6.07) is 7.77. The average Bonchev–Trinajstić information content (AvgIpc) is 2.94. The summed E-state index contributed by atoms with van der Waals surface area (Å²) in [7, 11) is 1.78. The highest BCUT2D eigenvalue weighted by Gasteiger charge is 2.15. The van der Waals surface area contributed by atoms with Gasteiger partial charge in [-0.2, -0.15) is 5.10 Å². The van der Waals surface area contributed by atoms with E-state index in [0.29, 0.717) is 5.69 Å². The standard InChI is InChI=1S/C17H12BrF3N4O/c1-25-16(11(18)8-22-25)9-3-2-4-10(7-9)23-17(26)24-13-6-5-12(19)14(20)15(13)21/h2-8H,1H3,(H2,23,24,26). The lowest BCUT2D eigenvalue weighted by molar-refractivity contribution is 0.262. The predicted octanol–water partition coefficient (Wildman–Crippen LogP) is 4.91. The van der Waals surface area contributed by atoms with Crippen LogP contribution in [0.25, 0.3) is 11.3 Å². The van der Waals surface area contributed by atoms with E-state index in [-0.39, 0.29) is 0 Å². The average molecular weight is 425 g/mol. The Hall–Kier alpha value is -2.81. The number of carbonyl (C=O) groups is 1. The van der Waals surface area contributed by atoms with Gasteiger partial charge < -0.3 is 10.6 Å². The summed E-state index contributed by atoms with van der Waals surface area (Å²) in [6.07, 6.45) is 1.65. The first kappa shape index (κ1) is 18.0. The lowest BCUT2D eigenvalue weighted by atomic mass is 10.1. The third-order valence-electron chi connectivity index (χ3n) is 3.57. The number of halogens is 4. The molecule has 0 fully saturated rings. The van der Waals surface area contributed by atoms with Gasteiger partial charge in [-0.25, -0.2) is 18.0 Å². The van der Waals surface area contributed by atoms with Gasteiger partial charge in [0.05, 0.1) is 22.1 Å². The smallest absolute Gasteiger partial charge is 0.308 e. The summed E-state index contributed by atoms with van der Waals surface area (Å²) >= 11 is 3.40. The molecule has 0 aliphatic carbocycles. The van der Waals surface area contributed by atoms with Crippen LogP contribution >= 0.6 is 15.9 Å². The van der Waals surface area contributed by atoms with Crippen molar-refractivity contribution in [1.29, 1.82) is 0 Å². The zero-order chi connectivity index (χ0) is 18.8. The van der Waals surface area contributed by atoms with E-state index in [1.165, 1.54) is 0 Å². The molecule has 0 spiro atoms. The Morgan fingerprint density at radius 3 is 2.58 bits per heavy atom. The van der Waals surface area contributed by atoms with Crippen molar-refractivity contribution >= 4 is 33.3 Å². The minimum Gasteiger partial charge on any atom is -0.308 e. The highest BCUT2D eigenvalue weighted by molar-refractivity contribution is 9.10. The maximum Gasteiger partial charge on any atom is 0.323 e. The van der Waals surface area contributed by atoms with Crippen LogP contribution in [-0.2, 0) is 7.05 Å². The summed E-state index contributed by atoms with van der Waals surface area (Å²) in [5.74, 6) is -4.44. The minimum atomic E-state index is -1.65. The van der Waals surface area contributed by atoms with Crippen molar-refractivity contribution in [2.45, 2.75) is 0 Å². The molecule has 26 heavy (non-hydrogen) atoms. The van der Waals surface area contributed by atoms with E-state index in [0.717, 1.165) is 27.9 Å². The number of rotatable bonds is 3. The van der Waals surface area contributed by atoms with Gasteiger partial charge in [0, 0.05) is 18.3 Å². The monoisotopic (exact) mass is 424 g/mol. The Bertz CT molecular complexity index is 971. The third-order valence-corrected chi connectivity index (χ3v) is 4.15. The van der Waals surface area contributed by atoms with E-state index in [9.17, 15) is 18.0 Å². The number of urea groups is 1. The molecule has 0 unspecified atom stereocenters. The second-order valence-electron chi connectivity index (χ2n) is 5.35. The van der Waals surface area contributed by atoms with Crippen molar-refractivity contribution < 1.29 is 18.0 Å². The highest BCUT2D eigenvalue weighted by Crippen LogP contribution is 2.29. The van der Waals surface area contributed by atoms with Crippen LogP contribution in [0.2, 0.25) is 0 Å². The van der Waals surface area contributed by atoms with Crippen LogP contribution in [0.5, 0.6) is 0 Å². The molecule has 0 saturated carbocycles. The van der Waals surface area contributed by atoms with E-state index in [1.807, 2.05) is 6.07 Å². The molecule has 1 aromatic heterocycles. The van der Waals surface area contributed by atoms with Crippen LogP contribution in [0.1, 0.15) is 0 Å². The quantitative estimate of drug-likeness (QED) is 0.586. The second kappa shape index (κ2) is 7.20. The van der Waals surface area contributed by atoms with Gasteiger partial charge >= 0.3 is 6.03 Å². The maximum absolute atomic E-state index is 13.6. The van der Waals surface area contributed by atoms with E-state index >= 15 is 0 Å². The summed E-state index contributed by atoms with van der Waals surface area (Å²) in [4.78, 5) is 12.0. The van der Waals surface area contributed by atoms with E-state index < -0.39 is 29.2 Å². The zero-order valence-corrected chi connectivity index (χ0v) is 14.9. The SMILES string of the molecule is Cn1ncc(Br)c1-c1cccc(NC(=O)Nc2ccc(F)c(F)c2F)c1. The van der Waals surface area contributed by atoms with Crippen molar-refractivity contribution in [3.63, 3.8) is 0 Å². The molecule has 3 aromatic rings. The molecule has 2 N–H and O–H groups in total. The fraction of sp³-hybridized carbons (Fsp3) is 0.0588. The Labute approximate surface area is 155 Å². The van der Waals surface area contributed by atoms with E-state index in [1.54, 1.807) is 36.1 Å². The number of amides is 2. The number of hydrogen-bond acceptors (Lipinski definition) is 2. The van der Waals surface area contributed by atoms with Gasteiger partial charge in [-0.15, -0.1) is 0 Å². The van der Waals surface area contributed by atoms with E-state index in [2.05, 4.69) is 31.7 Å². The number of benzene rings is 2.